The number of amides is 1. The normalized spacial score (nSPS) is 16.9. The van der Waals surface area contributed by atoms with Crippen LogP contribution in [-0.4, -0.2) is 19.1 Å². The van der Waals surface area contributed by atoms with E-state index in [9.17, 15) is 4.79 Å². The molecule has 1 aliphatic heterocycles. The molecule has 21 heavy (non-hydrogen) atoms. The monoisotopic (exact) mass is 281 g/mol. The van der Waals surface area contributed by atoms with Crippen LogP contribution in [0.3, 0.4) is 0 Å². The summed E-state index contributed by atoms with van der Waals surface area (Å²) in [6, 6.07) is 16.0. The molecule has 0 saturated heterocycles. The molecule has 3 rings (SSSR count). The smallest absolute Gasteiger partial charge is 0.258 e. The third-order valence-electron chi connectivity index (χ3n) is 3.94. The van der Waals surface area contributed by atoms with Crippen LogP contribution >= 0.6 is 0 Å². The molecule has 0 N–H and O–H groups in total. The van der Waals surface area contributed by atoms with E-state index in [0.29, 0.717) is 6.61 Å². The molecule has 1 heterocycles. The van der Waals surface area contributed by atoms with E-state index in [2.05, 4.69) is 13.0 Å². The lowest BCUT2D eigenvalue weighted by molar-refractivity contribution is 0.0981. The first-order chi connectivity index (χ1) is 10.2. The van der Waals surface area contributed by atoms with Gasteiger partial charge in [-0.15, -0.1) is 0 Å². The predicted molar refractivity (Wildman–Crippen MR) is 83.6 cm³/mol. The van der Waals surface area contributed by atoms with Crippen LogP contribution in [0.2, 0.25) is 0 Å². The SMILES string of the molecule is COCc1ccc(C(=O)N2c3ccccc3CC2C)cc1. The molecule has 0 fully saturated rings. The van der Waals surface area contributed by atoms with Crippen molar-refractivity contribution in [3.8, 4) is 0 Å². The number of hydrogen-bond donors (Lipinski definition) is 0. The van der Waals surface area contributed by atoms with Crippen molar-refractivity contribution in [3.05, 3.63) is 65.2 Å². The van der Waals surface area contributed by atoms with Gasteiger partial charge in [0, 0.05) is 24.4 Å². The van der Waals surface area contributed by atoms with Crippen LogP contribution in [0, 0.1) is 0 Å². The van der Waals surface area contributed by atoms with Crippen molar-refractivity contribution in [1.82, 2.24) is 0 Å². The van der Waals surface area contributed by atoms with Crippen molar-refractivity contribution in [1.29, 1.82) is 0 Å². The lowest BCUT2D eigenvalue weighted by Gasteiger charge is -2.23. The maximum Gasteiger partial charge on any atom is 0.258 e. The van der Waals surface area contributed by atoms with Crippen LogP contribution in [0.15, 0.2) is 48.5 Å². The number of hydrogen-bond acceptors (Lipinski definition) is 2. The predicted octanol–water partition coefficient (Wildman–Crippen LogP) is 3.42. The van der Waals surface area contributed by atoms with Gasteiger partial charge in [-0.3, -0.25) is 4.79 Å². The van der Waals surface area contributed by atoms with Gasteiger partial charge in [-0.1, -0.05) is 30.3 Å². The Labute approximate surface area is 125 Å². The van der Waals surface area contributed by atoms with Gasteiger partial charge in [0.05, 0.1) is 6.61 Å². The van der Waals surface area contributed by atoms with Crippen molar-refractivity contribution < 1.29 is 9.53 Å². The second-order valence-electron chi connectivity index (χ2n) is 5.49. The third kappa shape index (κ3) is 2.57. The number of benzene rings is 2. The summed E-state index contributed by atoms with van der Waals surface area (Å²) >= 11 is 0. The highest BCUT2D eigenvalue weighted by atomic mass is 16.5. The van der Waals surface area contributed by atoms with Gasteiger partial charge in [0.1, 0.15) is 0 Å². The first-order valence-electron chi connectivity index (χ1n) is 7.20. The average molecular weight is 281 g/mol. The fourth-order valence-corrected chi connectivity index (χ4v) is 2.92. The molecule has 1 aliphatic rings. The summed E-state index contributed by atoms with van der Waals surface area (Å²) in [6.45, 7) is 2.66. The zero-order valence-corrected chi connectivity index (χ0v) is 12.4. The maximum atomic E-state index is 12.8. The second-order valence-corrected chi connectivity index (χ2v) is 5.49. The summed E-state index contributed by atoms with van der Waals surface area (Å²) in [7, 11) is 1.67. The van der Waals surface area contributed by atoms with Gasteiger partial charge in [0.25, 0.3) is 5.91 Å². The standard InChI is InChI=1S/C18H19NO2/c1-13-11-16-5-3-4-6-17(16)19(13)18(20)15-9-7-14(8-10-15)12-21-2/h3-10,13H,11-12H2,1-2H3. The molecule has 1 unspecified atom stereocenters. The Kier molecular flexibility index (Phi) is 3.76. The molecule has 1 amide bonds. The van der Waals surface area contributed by atoms with E-state index in [1.807, 2.05) is 47.4 Å². The van der Waals surface area contributed by atoms with Gasteiger partial charge in [-0.25, -0.2) is 0 Å². The van der Waals surface area contributed by atoms with Crippen molar-refractivity contribution in [3.63, 3.8) is 0 Å². The first-order valence-corrected chi connectivity index (χ1v) is 7.20. The van der Waals surface area contributed by atoms with Crippen molar-refractivity contribution in [2.75, 3.05) is 12.0 Å². The number of fused-ring (bicyclic) bond motifs is 1. The minimum atomic E-state index is 0.0661. The number of para-hydroxylation sites is 1. The molecule has 3 nitrogen and oxygen atoms in total. The van der Waals surface area contributed by atoms with E-state index in [-0.39, 0.29) is 11.9 Å². The highest BCUT2D eigenvalue weighted by Gasteiger charge is 2.30. The fraction of sp³-hybridized carbons (Fsp3) is 0.278. The van der Waals surface area contributed by atoms with Crippen LogP contribution in [0.25, 0.3) is 0 Å². The molecule has 0 spiro atoms. The Morgan fingerprint density at radius 1 is 1.19 bits per heavy atom. The molecule has 0 aliphatic carbocycles. The number of methoxy groups -OCH3 is 1. The topological polar surface area (TPSA) is 29.5 Å². The van der Waals surface area contributed by atoms with Gasteiger partial charge >= 0.3 is 0 Å². The van der Waals surface area contributed by atoms with Crippen LogP contribution in [-0.2, 0) is 17.8 Å². The quantitative estimate of drug-likeness (QED) is 0.862. The van der Waals surface area contributed by atoms with E-state index < -0.39 is 0 Å². The molecule has 0 radical (unpaired) electrons. The van der Waals surface area contributed by atoms with E-state index in [1.165, 1.54) is 5.56 Å². The minimum Gasteiger partial charge on any atom is -0.380 e. The molecular weight excluding hydrogens is 262 g/mol. The highest BCUT2D eigenvalue weighted by Crippen LogP contribution is 2.33. The Balaban J connectivity index is 1.88. The largest absolute Gasteiger partial charge is 0.380 e. The molecule has 3 heteroatoms. The second kappa shape index (κ2) is 5.70. The molecule has 2 aromatic rings. The molecule has 0 saturated carbocycles. The number of carbonyl (C=O) groups excluding carboxylic acids is 1. The Morgan fingerprint density at radius 3 is 2.62 bits per heavy atom. The summed E-state index contributed by atoms with van der Waals surface area (Å²) in [5.74, 6) is 0.0661. The zero-order chi connectivity index (χ0) is 14.8. The summed E-state index contributed by atoms with van der Waals surface area (Å²) in [5.41, 5.74) is 4.08. The number of ether oxygens (including phenoxy) is 1. The van der Waals surface area contributed by atoms with E-state index >= 15 is 0 Å². The Bertz CT molecular complexity index is 649. The Hall–Kier alpha value is -2.13. The average Bonchev–Trinajstić information content (AvgIpc) is 2.83. The van der Waals surface area contributed by atoms with E-state index in [0.717, 1.165) is 23.2 Å². The van der Waals surface area contributed by atoms with Gasteiger partial charge in [-0.2, -0.15) is 0 Å². The summed E-state index contributed by atoms with van der Waals surface area (Å²) in [4.78, 5) is 14.7. The van der Waals surface area contributed by atoms with Crippen LogP contribution < -0.4 is 4.90 Å². The lowest BCUT2D eigenvalue weighted by atomic mass is 10.1. The van der Waals surface area contributed by atoms with E-state index in [4.69, 9.17) is 4.74 Å². The summed E-state index contributed by atoms with van der Waals surface area (Å²) in [6.07, 6.45) is 0.920. The molecule has 2 aromatic carbocycles. The molecule has 0 bridgehead atoms. The van der Waals surface area contributed by atoms with Crippen LogP contribution in [0.1, 0.15) is 28.4 Å². The van der Waals surface area contributed by atoms with Gasteiger partial charge in [0.2, 0.25) is 0 Å². The van der Waals surface area contributed by atoms with Gasteiger partial charge in [0.15, 0.2) is 0 Å². The minimum absolute atomic E-state index is 0.0661. The molecule has 108 valence electrons. The lowest BCUT2D eigenvalue weighted by Crippen LogP contribution is -2.35. The molecule has 0 aromatic heterocycles. The van der Waals surface area contributed by atoms with Crippen molar-refractivity contribution in [2.24, 2.45) is 0 Å². The zero-order valence-electron chi connectivity index (χ0n) is 12.4. The van der Waals surface area contributed by atoms with Crippen LogP contribution in [0.4, 0.5) is 5.69 Å². The van der Waals surface area contributed by atoms with Crippen molar-refractivity contribution >= 4 is 11.6 Å². The fourth-order valence-electron chi connectivity index (χ4n) is 2.92. The van der Waals surface area contributed by atoms with Gasteiger partial charge in [-0.05, 0) is 42.7 Å². The Morgan fingerprint density at radius 2 is 1.90 bits per heavy atom. The number of rotatable bonds is 3. The maximum absolute atomic E-state index is 12.8. The van der Waals surface area contributed by atoms with Crippen molar-refractivity contribution in [2.45, 2.75) is 26.0 Å². The number of anilines is 1. The summed E-state index contributed by atoms with van der Waals surface area (Å²) in [5, 5.41) is 0. The first kappa shape index (κ1) is 13.8. The van der Waals surface area contributed by atoms with Gasteiger partial charge < -0.3 is 9.64 Å². The van der Waals surface area contributed by atoms with E-state index in [1.54, 1.807) is 7.11 Å². The summed E-state index contributed by atoms with van der Waals surface area (Å²) < 4.78 is 5.10. The number of nitrogens with zero attached hydrogens (tertiary/aromatic N) is 1. The molecular formula is C18H19NO2. The highest BCUT2D eigenvalue weighted by molar-refractivity contribution is 6.07. The van der Waals surface area contributed by atoms with Crippen LogP contribution in [0.5, 0.6) is 0 Å². The number of carbonyl (C=O) groups is 1. The third-order valence-corrected chi connectivity index (χ3v) is 3.94. The molecule has 1 atom stereocenters.